The van der Waals surface area contributed by atoms with Crippen molar-refractivity contribution in [2.24, 2.45) is 11.3 Å². The van der Waals surface area contributed by atoms with Crippen molar-refractivity contribution in [1.29, 1.82) is 0 Å². The Labute approximate surface area is 101 Å². The summed E-state index contributed by atoms with van der Waals surface area (Å²) in [6.07, 6.45) is 10.8. The number of nitrogens with zero attached hydrogens (tertiary/aromatic N) is 2. The zero-order valence-corrected chi connectivity index (χ0v) is 11.5. The summed E-state index contributed by atoms with van der Waals surface area (Å²) in [6, 6.07) is 0. The van der Waals surface area contributed by atoms with Gasteiger partial charge in [0.15, 0.2) is 0 Å². The molecule has 0 bridgehead atoms. The second kappa shape index (κ2) is 8.52. The van der Waals surface area contributed by atoms with Gasteiger partial charge < -0.3 is 5.53 Å². The van der Waals surface area contributed by atoms with Crippen molar-refractivity contribution in [2.75, 3.05) is 0 Å². The quantitative estimate of drug-likeness (QED) is 0.248. The van der Waals surface area contributed by atoms with E-state index in [0.717, 1.165) is 6.42 Å². The van der Waals surface area contributed by atoms with Crippen LogP contribution in [0.15, 0.2) is 0 Å². The monoisotopic (exact) mass is 224 g/mol. The van der Waals surface area contributed by atoms with Crippen LogP contribution in [-0.4, -0.2) is 11.0 Å². The maximum absolute atomic E-state index is 8.64. The predicted molar refractivity (Wildman–Crippen MR) is 70.6 cm³/mol. The molecule has 0 N–H and O–H groups in total. The maximum Gasteiger partial charge on any atom is 0.260 e. The van der Waals surface area contributed by atoms with E-state index < -0.39 is 0 Å². The van der Waals surface area contributed by atoms with Crippen LogP contribution in [0.2, 0.25) is 0 Å². The largest absolute Gasteiger partial charge is 0.362 e. The van der Waals surface area contributed by atoms with E-state index in [1.165, 1.54) is 38.5 Å². The second-order valence-corrected chi connectivity index (χ2v) is 5.79. The molecule has 0 aliphatic heterocycles. The van der Waals surface area contributed by atoms with Gasteiger partial charge in [0, 0.05) is 0 Å². The molecular weight excluding hydrogens is 196 g/mol. The molecular formula is C14H28N2. The van der Waals surface area contributed by atoms with E-state index >= 15 is 0 Å². The highest BCUT2D eigenvalue weighted by Crippen LogP contribution is 2.28. The van der Waals surface area contributed by atoms with Crippen molar-refractivity contribution in [3.8, 4) is 0 Å². The summed E-state index contributed by atoms with van der Waals surface area (Å²) in [6.45, 7) is 8.86. The van der Waals surface area contributed by atoms with Gasteiger partial charge in [0.25, 0.3) is 6.21 Å². The van der Waals surface area contributed by atoms with E-state index in [1.807, 2.05) is 0 Å². The highest BCUT2D eigenvalue weighted by Gasteiger charge is 2.25. The van der Waals surface area contributed by atoms with Crippen LogP contribution in [0.1, 0.15) is 72.6 Å². The number of hydrogen-bond donors (Lipinski definition) is 0. The average Bonchev–Trinajstić information content (AvgIpc) is 2.20. The molecule has 0 aromatic rings. The first-order chi connectivity index (χ1) is 7.52. The molecule has 0 aliphatic carbocycles. The van der Waals surface area contributed by atoms with Crippen LogP contribution >= 0.6 is 0 Å². The first-order valence-electron chi connectivity index (χ1n) is 6.70. The Balaban J connectivity index is 3.74. The van der Waals surface area contributed by atoms with Gasteiger partial charge in [-0.3, -0.25) is 0 Å². The van der Waals surface area contributed by atoms with Crippen molar-refractivity contribution in [3.63, 3.8) is 0 Å². The third-order valence-electron chi connectivity index (χ3n) is 3.23. The molecule has 0 spiro atoms. The van der Waals surface area contributed by atoms with Gasteiger partial charge in [0.2, 0.25) is 0 Å². The van der Waals surface area contributed by atoms with Gasteiger partial charge in [-0.15, -0.1) is 0 Å². The molecule has 0 amide bonds. The standard InChI is InChI=1S/C14H28N2/c1-5-6-7-8-9-10-11-13(12-16-15)14(2,3)4/h12-13H,5-11H2,1-4H3. The maximum atomic E-state index is 8.64. The second-order valence-electron chi connectivity index (χ2n) is 5.79. The fourth-order valence-corrected chi connectivity index (χ4v) is 1.96. The Hall–Kier alpha value is -0.620. The van der Waals surface area contributed by atoms with E-state index in [1.54, 1.807) is 6.21 Å². The summed E-state index contributed by atoms with van der Waals surface area (Å²) < 4.78 is 0. The minimum atomic E-state index is 0.204. The number of unbranched alkanes of at least 4 members (excludes halogenated alkanes) is 5. The molecule has 1 atom stereocenters. The van der Waals surface area contributed by atoms with Crippen LogP contribution in [0.3, 0.4) is 0 Å². The smallest absolute Gasteiger partial charge is 0.260 e. The van der Waals surface area contributed by atoms with E-state index in [4.69, 9.17) is 5.53 Å². The highest BCUT2D eigenvalue weighted by atomic mass is 14.8. The zero-order chi connectivity index (χ0) is 12.4. The lowest BCUT2D eigenvalue weighted by Crippen LogP contribution is -2.22. The van der Waals surface area contributed by atoms with Gasteiger partial charge in [-0.2, -0.15) is 4.79 Å². The van der Waals surface area contributed by atoms with Crippen LogP contribution in [0.5, 0.6) is 0 Å². The summed E-state index contributed by atoms with van der Waals surface area (Å²) in [5.74, 6) is 0.392. The van der Waals surface area contributed by atoms with Crippen LogP contribution in [0.4, 0.5) is 0 Å². The van der Waals surface area contributed by atoms with Gasteiger partial charge in [-0.1, -0.05) is 66.2 Å². The fraction of sp³-hybridized carbons (Fsp3) is 0.929. The minimum Gasteiger partial charge on any atom is -0.362 e. The molecule has 0 aromatic carbocycles. The van der Waals surface area contributed by atoms with Crippen molar-refractivity contribution < 1.29 is 4.79 Å². The Bertz CT molecular complexity index is 209. The molecule has 0 heterocycles. The molecule has 16 heavy (non-hydrogen) atoms. The van der Waals surface area contributed by atoms with Gasteiger partial charge in [-0.05, 0) is 11.8 Å². The van der Waals surface area contributed by atoms with Crippen molar-refractivity contribution in [1.82, 2.24) is 0 Å². The van der Waals surface area contributed by atoms with Crippen molar-refractivity contribution >= 4 is 6.21 Å². The third-order valence-corrected chi connectivity index (χ3v) is 3.23. The van der Waals surface area contributed by atoms with E-state index in [0.29, 0.717) is 5.92 Å². The highest BCUT2D eigenvalue weighted by molar-refractivity contribution is 5.55. The SMILES string of the molecule is CCCCCCCCC(C=[N+]=[N-])C(C)(C)C. The number of rotatable bonds is 8. The Morgan fingerprint density at radius 3 is 2.12 bits per heavy atom. The van der Waals surface area contributed by atoms with Crippen molar-refractivity contribution in [2.45, 2.75) is 72.6 Å². The van der Waals surface area contributed by atoms with E-state index in [2.05, 4.69) is 32.5 Å². The van der Waals surface area contributed by atoms with E-state index in [-0.39, 0.29) is 5.41 Å². The lowest BCUT2D eigenvalue weighted by Gasteiger charge is -2.24. The molecule has 2 nitrogen and oxygen atoms in total. The average molecular weight is 224 g/mol. The molecule has 94 valence electrons. The summed E-state index contributed by atoms with van der Waals surface area (Å²) in [4.78, 5) is 3.21. The normalized spacial score (nSPS) is 13.2. The van der Waals surface area contributed by atoms with Crippen LogP contribution in [-0.2, 0) is 0 Å². The van der Waals surface area contributed by atoms with Crippen LogP contribution in [0.25, 0.3) is 5.53 Å². The molecule has 0 saturated carbocycles. The molecule has 0 fully saturated rings. The Morgan fingerprint density at radius 2 is 1.62 bits per heavy atom. The molecule has 0 radical (unpaired) electrons. The number of hydrogen-bond acceptors (Lipinski definition) is 0. The molecule has 0 aromatic heterocycles. The summed E-state index contributed by atoms with van der Waals surface area (Å²) in [5.41, 5.74) is 8.85. The fourth-order valence-electron chi connectivity index (χ4n) is 1.96. The first-order valence-corrected chi connectivity index (χ1v) is 6.70. The molecule has 0 rings (SSSR count). The molecule has 0 saturated heterocycles. The summed E-state index contributed by atoms with van der Waals surface area (Å²) >= 11 is 0. The van der Waals surface area contributed by atoms with Gasteiger partial charge in [0.05, 0.1) is 5.92 Å². The van der Waals surface area contributed by atoms with Gasteiger partial charge in [-0.25, -0.2) is 0 Å². The van der Waals surface area contributed by atoms with Crippen LogP contribution < -0.4 is 0 Å². The third kappa shape index (κ3) is 7.64. The first kappa shape index (κ1) is 15.4. The lowest BCUT2D eigenvalue weighted by molar-refractivity contribution is -0.00849. The van der Waals surface area contributed by atoms with Gasteiger partial charge >= 0.3 is 0 Å². The topological polar surface area (TPSA) is 36.4 Å². The van der Waals surface area contributed by atoms with Gasteiger partial charge in [0.1, 0.15) is 0 Å². The predicted octanol–water partition coefficient (Wildman–Crippen LogP) is 4.70. The van der Waals surface area contributed by atoms with Crippen molar-refractivity contribution in [3.05, 3.63) is 5.53 Å². The lowest BCUT2D eigenvalue weighted by atomic mass is 9.78. The summed E-state index contributed by atoms with van der Waals surface area (Å²) in [5, 5.41) is 0. The summed E-state index contributed by atoms with van der Waals surface area (Å²) in [7, 11) is 0. The minimum absolute atomic E-state index is 0.204. The molecule has 0 aliphatic rings. The molecule has 1 unspecified atom stereocenters. The Kier molecular flexibility index (Phi) is 8.19. The van der Waals surface area contributed by atoms with E-state index in [9.17, 15) is 0 Å². The van der Waals surface area contributed by atoms with Crippen LogP contribution in [0, 0.1) is 11.3 Å². The zero-order valence-electron chi connectivity index (χ0n) is 11.5. The Morgan fingerprint density at radius 1 is 1.06 bits per heavy atom. The molecule has 2 heteroatoms.